The van der Waals surface area contributed by atoms with Gasteiger partial charge in [-0.3, -0.25) is 0 Å². The van der Waals surface area contributed by atoms with E-state index in [0.29, 0.717) is 23.5 Å². The topological polar surface area (TPSA) is 107 Å². The Labute approximate surface area is 96.6 Å². The van der Waals surface area contributed by atoms with Crippen LogP contribution in [0.2, 0.25) is 0 Å². The SMILES string of the molecule is CC(=CCn1cnc2c(N)ncnc21)C(=O)O. The molecule has 7 heteroatoms. The van der Waals surface area contributed by atoms with Crippen molar-refractivity contribution in [2.75, 3.05) is 5.73 Å². The van der Waals surface area contributed by atoms with E-state index >= 15 is 0 Å². The number of rotatable bonds is 3. The number of nitrogens with two attached hydrogens (primary N) is 1. The largest absolute Gasteiger partial charge is 0.478 e. The van der Waals surface area contributed by atoms with Crippen LogP contribution in [0.15, 0.2) is 24.3 Å². The van der Waals surface area contributed by atoms with Crippen molar-refractivity contribution in [1.29, 1.82) is 0 Å². The number of aliphatic carboxylic acids is 1. The number of carboxylic acid groups (broad SMARTS) is 1. The van der Waals surface area contributed by atoms with Gasteiger partial charge in [-0.15, -0.1) is 0 Å². The fourth-order valence-electron chi connectivity index (χ4n) is 1.35. The van der Waals surface area contributed by atoms with Crippen LogP contribution in [0, 0.1) is 0 Å². The van der Waals surface area contributed by atoms with Crippen molar-refractivity contribution in [3.63, 3.8) is 0 Å². The van der Waals surface area contributed by atoms with Crippen LogP contribution < -0.4 is 5.73 Å². The number of aromatic nitrogens is 4. The molecule has 88 valence electrons. The van der Waals surface area contributed by atoms with Gasteiger partial charge >= 0.3 is 5.97 Å². The summed E-state index contributed by atoms with van der Waals surface area (Å²) in [6.07, 6.45) is 4.49. The second-order valence-corrected chi connectivity index (χ2v) is 3.52. The molecule has 0 aliphatic rings. The van der Waals surface area contributed by atoms with Crippen molar-refractivity contribution in [3.8, 4) is 0 Å². The maximum Gasteiger partial charge on any atom is 0.331 e. The lowest BCUT2D eigenvalue weighted by Crippen LogP contribution is -2.01. The summed E-state index contributed by atoms with van der Waals surface area (Å²) in [5.74, 6) is -0.628. The van der Waals surface area contributed by atoms with E-state index in [1.54, 1.807) is 17.0 Å². The number of nitrogens with zero attached hydrogens (tertiary/aromatic N) is 4. The molecule has 17 heavy (non-hydrogen) atoms. The highest BCUT2D eigenvalue weighted by Crippen LogP contribution is 2.14. The molecule has 0 aromatic carbocycles. The molecular weight excluding hydrogens is 222 g/mol. The van der Waals surface area contributed by atoms with Gasteiger partial charge in [0.25, 0.3) is 0 Å². The van der Waals surface area contributed by atoms with E-state index in [1.807, 2.05) is 0 Å². The highest BCUT2D eigenvalue weighted by Gasteiger charge is 2.07. The van der Waals surface area contributed by atoms with Crippen LogP contribution in [0.25, 0.3) is 11.2 Å². The summed E-state index contributed by atoms with van der Waals surface area (Å²) in [7, 11) is 0. The van der Waals surface area contributed by atoms with E-state index in [2.05, 4.69) is 15.0 Å². The second-order valence-electron chi connectivity index (χ2n) is 3.52. The van der Waals surface area contributed by atoms with Gasteiger partial charge in [0.2, 0.25) is 0 Å². The van der Waals surface area contributed by atoms with Gasteiger partial charge in [-0.25, -0.2) is 19.7 Å². The Morgan fingerprint density at radius 3 is 3.00 bits per heavy atom. The van der Waals surface area contributed by atoms with Crippen LogP contribution >= 0.6 is 0 Å². The Bertz CT molecular complexity index is 602. The highest BCUT2D eigenvalue weighted by molar-refractivity contribution is 5.85. The molecule has 2 aromatic heterocycles. The molecule has 2 heterocycles. The molecule has 0 aliphatic heterocycles. The molecule has 2 aromatic rings. The van der Waals surface area contributed by atoms with E-state index in [1.165, 1.54) is 13.3 Å². The molecule has 0 atom stereocenters. The van der Waals surface area contributed by atoms with Gasteiger partial charge in [0, 0.05) is 12.1 Å². The molecule has 7 nitrogen and oxygen atoms in total. The van der Waals surface area contributed by atoms with Gasteiger partial charge in [-0.1, -0.05) is 6.08 Å². The first-order chi connectivity index (χ1) is 8.09. The summed E-state index contributed by atoms with van der Waals surface area (Å²) < 4.78 is 1.71. The Morgan fingerprint density at radius 2 is 2.29 bits per heavy atom. The number of carbonyl (C=O) groups is 1. The lowest BCUT2D eigenvalue weighted by Gasteiger charge is -1.99. The molecule has 0 aliphatic carbocycles. The molecule has 0 unspecified atom stereocenters. The second kappa shape index (κ2) is 4.20. The van der Waals surface area contributed by atoms with Crippen LogP contribution in [0.1, 0.15) is 6.92 Å². The summed E-state index contributed by atoms with van der Waals surface area (Å²) in [5.41, 5.74) is 7.02. The normalized spacial score (nSPS) is 11.9. The number of anilines is 1. The molecule has 3 N–H and O–H groups in total. The fourth-order valence-corrected chi connectivity index (χ4v) is 1.35. The molecule has 0 saturated carbocycles. The molecule has 0 fully saturated rings. The average Bonchev–Trinajstić information content (AvgIpc) is 2.70. The van der Waals surface area contributed by atoms with E-state index in [9.17, 15) is 4.79 Å². The first-order valence-corrected chi connectivity index (χ1v) is 4.91. The van der Waals surface area contributed by atoms with Crippen molar-refractivity contribution in [1.82, 2.24) is 19.5 Å². The zero-order valence-corrected chi connectivity index (χ0v) is 9.16. The summed E-state index contributed by atoms with van der Waals surface area (Å²) >= 11 is 0. The van der Waals surface area contributed by atoms with Crippen LogP contribution in [-0.2, 0) is 11.3 Å². The Kier molecular flexibility index (Phi) is 2.73. The lowest BCUT2D eigenvalue weighted by molar-refractivity contribution is -0.132. The molecule has 0 amide bonds. The highest BCUT2D eigenvalue weighted by atomic mass is 16.4. The predicted molar refractivity (Wildman–Crippen MR) is 61.1 cm³/mol. The number of hydrogen-bond acceptors (Lipinski definition) is 5. The summed E-state index contributed by atoms with van der Waals surface area (Å²) in [6.45, 7) is 1.91. The predicted octanol–water partition coefficient (Wildman–Crippen LogP) is 0.439. The monoisotopic (exact) mass is 233 g/mol. The van der Waals surface area contributed by atoms with Crippen molar-refractivity contribution in [3.05, 3.63) is 24.3 Å². The third kappa shape index (κ3) is 2.07. The number of imidazole rings is 1. The number of nitrogen functional groups attached to an aromatic ring is 1. The first-order valence-electron chi connectivity index (χ1n) is 4.91. The molecule has 0 spiro atoms. The smallest absolute Gasteiger partial charge is 0.331 e. The third-order valence-corrected chi connectivity index (χ3v) is 2.36. The third-order valence-electron chi connectivity index (χ3n) is 2.36. The number of carboxylic acids is 1. The van der Waals surface area contributed by atoms with Crippen LogP contribution in [0.3, 0.4) is 0 Å². The maximum atomic E-state index is 10.6. The van der Waals surface area contributed by atoms with Crippen molar-refractivity contribution < 1.29 is 9.90 Å². The minimum atomic E-state index is -0.941. The minimum absolute atomic E-state index is 0.272. The summed E-state index contributed by atoms with van der Waals surface area (Å²) in [6, 6.07) is 0. The van der Waals surface area contributed by atoms with Gasteiger partial charge in [0.05, 0.1) is 6.33 Å². The Morgan fingerprint density at radius 1 is 1.53 bits per heavy atom. The van der Waals surface area contributed by atoms with Gasteiger partial charge in [0.15, 0.2) is 11.5 Å². The van der Waals surface area contributed by atoms with Gasteiger partial charge in [-0.05, 0) is 6.92 Å². The quantitative estimate of drug-likeness (QED) is 0.745. The minimum Gasteiger partial charge on any atom is -0.478 e. The van der Waals surface area contributed by atoms with Crippen molar-refractivity contribution in [2.24, 2.45) is 0 Å². The molecule has 0 saturated heterocycles. The van der Waals surface area contributed by atoms with Gasteiger partial charge in [-0.2, -0.15) is 0 Å². The van der Waals surface area contributed by atoms with Gasteiger partial charge < -0.3 is 15.4 Å². The Hall–Kier alpha value is -2.44. The maximum absolute atomic E-state index is 10.6. The molecule has 0 radical (unpaired) electrons. The number of hydrogen-bond donors (Lipinski definition) is 2. The average molecular weight is 233 g/mol. The number of fused-ring (bicyclic) bond motifs is 1. The lowest BCUT2D eigenvalue weighted by atomic mass is 10.3. The van der Waals surface area contributed by atoms with E-state index in [-0.39, 0.29) is 5.57 Å². The van der Waals surface area contributed by atoms with Crippen molar-refractivity contribution in [2.45, 2.75) is 13.5 Å². The molecule has 2 rings (SSSR count). The van der Waals surface area contributed by atoms with Crippen LogP contribution in [-0.4, -0.2) is 30.6 Å². The van der Waals surface area contributed by atoms with E-state index in [4.69, 9.17) is 10.8 Å². The number of allylic oxidation sites excluding steroid dienone is 1. The summed E-state index contributed by atoms with van der Waals surface area (Å²) in [4.78, 5) is 22.6. The first kappa shape index (κ1) is 11.1. The van der Waals surface area contributed by atoms with Crippen LogP contribution in [0.4, 0.5) is 5.82 Å². The molecular formula is C10H11N5O2. The van der Waals surface area contributed by atoms with Crippen LogP contribution in [0.5, 0.6) is 0 Å². The molecule has 0 bridgehead atoms. The standard InChI is InChI=1S/C10H11N5O2/c1-6(10(16)17)2-3-15-5-14-7-8(11)12-4-13-9(7)15/h2,4-5H,3H2,1H3,(H,16,17)(H2,11,12,13). The van der Waals surface area contributed by atoms with Gasteiger partial charge in [0.1, 0.15) is 11.8 Å². The Balaban J connectivity index is 2.35. The zero-order chi connectivity index (χ0) is 12.4. The van der Waals surface area contributed by atoms with E-state index < -0.39 is 5.97 Å². The zero-order valence-electron chi connectivity index (χ0n) is 9.16. The summed E-state index contributed by atoms with van der Waals surface area (Å²) in [5, 5.41) is 8.73. The fraction of sp³-hybridized carbons (Fsp3) is 0.200. The van der Waals surface area contributed by atoms with E-state index in [0.717, 1.165) is 0 Å². The van der Waals surface area contributed by atoms with Crippen molar-refractivity contribution >= 4 is 23.0 Å².